The number of anilines is 1. The number of para-hydroxylation sites is 2. The Bertz CT molecular complexity index is 772. The van der Waals surface area contributed by atoms with E-state index in [-0.39, 0.29) is 12.5 Å². The number of hydrogen-bond donors (Lipinski definition) is 1. The topological polar surface area (TPSA) is 54.4 Å². The number of hydrogen-bond acceptors (Lipinski definition) is 6. The van der Waals surface area contributed by atoms with Gasteiger partial charge in [0.05, 0.1) is 12.3 Å². The van der Waals surface area contributed by atoms with Gasteiger partial charge in [-0.25, -0.2) is 0 Å². The fraction of sp³-hybridized carbons (Fsp3) is 0.400. The zero-order chi connectivity index (χ0) is 17.9. The van der Waals surface area contributed by atoms with Crippen LogP contribution in [0.2, 0.25) is 0 Å². The molecule has 0 amide bonds. The van der Waals surface area contributed by atoms with Crippen molar-refractivity contribution in [1.29, 1.82) is 0 Å². The van der Waals surface area contributed by atoms with Crippen molar-refractivity contribution in [3.05, 3.63) is 42.0 Å². The lowest BCUT2D eigenvalue weighted by Gasteiger charge is -2.36. The van der Waals surface area contributed by atoms with E-state index in [0.29, 0.717) is 24.7 Å². The third-order valence-electron chi connectivity index (χ3n) is 4.85. The monoisotopic (exact) mass is 356 g/mol. The number of aromatic hydroxyl groups is 1. The molecule has 2 aliphatic heterocycles. The lowest BCUT2D eigenvalue weighted by molar-refractivity contribution is 0.173. The molecule has 0 saturated carbocycles. The fourth-order valence-corrected chi connectivity index (χ4v) is 3.48. The standard InChI is InChI=1S/C20H24N2O4/c1-2-24-18-6-4-3-5-16(18)22-9-7-21(8-10-22)13-15-11-19-20(12-17(15)23)26-14-25-19/h3-6,11-12,23H,2,7-10,13-14H2,1H3. The van der Waals surface area contributed by atoms with Crippen molar-refractivity contribution in [2.24, 2.45) is 0 Å². The molecular formula is C20H24N2O4. The number of ether oxygens (including phenoxy) is 3. The first-order valence-corrected chi connectivity index (χ1v) is 9.05. The summed E-state index contributed by atoms with van der Waals surface area (Å²) in [5, 5.41) is 10.2. The summed E-state index contributed by atoms with van der Waals surface area (Å²) < 4.78 is 16.5. The molecule has 0 bridgehead atoms. The first kappa shape index (κ1) is 16.8. The zero-order valence-electron chi connectivity index (χ0n) is 15.0. The van der Waals surface area contributed by atoms with Crippen molar-refractivity contribution in [3.63, 3.8) is 0 Å². The SMILES string of the molecule is CCOc1ccccc1N1CCN(Cc2cc3c(cc2O)OCO3)CC1. The van der Waals surface area contributed by atoms with Crippen LogP contribution in [0.4, 0.5) is 5.69 Å². The number of rotatable bonds is 5. The lowest BCUT2D eigenvalue weighted by Crippen LogP contribution is -2.46. The molecule has 0 atom stereocenters. The van der Waals surface area contributed by atoms with Crippen LogP contribution in [0.25, 0.3) is 0 Å². The lowest BCUT2D eigenvalue weighted by atomic mass is 10.1. The quantitative estimate of drug-likeness (QED) is 0.889. The molecule has 2 heterocycles. The van der Waals surface area contributed by atoms with Crippen LogP contribution in [-0.2, 0) is 6.54 Å². The highest BCUT2D eigenvalue weighted by Gasteiger charge is 2.22. The van der Waals surface area contributed by atoms with E-state index in [9.17, 15) is 5.11 Å². The minimum atomic E-state index is 0.218. The molecule has 2 aliphatic rings. The molecule has 0 aromatic heterocycles. The first-order valence-electron chi connectivity index (χ1n) is 9.05. The summed E-state index contributed by atoms with van der Waals surface area (Å²) >= 11 is 0. The molecule has 138 valence electrons. The summed E-state index contributed by atoms with van der Waals surface area (Å²) in [5.41, 5.74) is 2.03. The van der Waals surface area contributed by atoms with Gasteiger partial charge >= 0.3 is 0 Å². The van der Waals surface area contributed by atoms with Gasteiger partial charge < -0.3 is 24.2 Å². The summed E-state index contributed by atoms with van der Waals surface area (Å²) in [7, 11) is 0. The van der Waals surface area contributed by atoms with E-state index in [4.69, 9.17) is 14.2 Å². The normalized spacial score (nSPS) is 16.7. The Hall–Kier alpha value is -2.60. The van der Waals surface area contributed by atoms with Crippen LogP contribution in [0.5, 0.6) is 23.0 Å². The molecule has 2 aromatic rings. The Morgan fingerprint density at radius 3 is 2.54 bits per heavy atom. The summed E-state index contributed by atoms with van der Waals surface area (Å²) in [6.45, 7) is 7.29. The van der Waals surface area contributed by atoms with Crippen LogP contribution in [0.1, 0.15) is 12.5 Å². The predicted octanol–water partition coefficient (Wildman–Crippen LogP) is 2.84. The minimum Gasteiger partial charge on any atom is -0.507 e. The van der Waals surface area contributed by atoms with Gasteiger partial charge in [-0.15, -0.1) is 0 Å². The van der Waals surface area contributed by atoms with Gasteiger partial charge in [-0.1, -0.05) is 12.1 Å². The van der Waals surface area contributed by atoms with Gasteiger partial charge in [0.1, 0.15) is 11.5 Å². The van der Waals surface area contributed by atoms with E-state index >= 15 is 0 Å². The van der Waals surface area contributed by atoms with Crippen LogP contribution >= 0.6 is 0 Å². The molecule has 2 aromatic carbocycles. The molecule has 4 rings (SSSR count). The first-order chi connectivity index (χ1) is 12.7. The van der Waals surface area contributed by atoms with Crippen molar-refractivity contribution < 1.29 is 19.3 Å². The molecule has 0 radical (unpaired) electrons. The third kappa shape index (κ3) is 3.37. The second-order valence-electron chi connectivity index (χ2n) is 6.50. The largest absolute Gasteiger partial charge is 0.507 e. The number of piperazine rings is 1. The van der Waals surface area contributed by atoms with Crippen LogP contribution in [0.15, 0.2) is 36.4 Å². The van der Waals surface area contributed by atoms with Gasteiger partial charge in [-0.05, 0) is 25.1 Å². The van der Waals surface area contributed by atoms with E-state index in [2.05, 4.69) is 21.9 Å². The maximum Gasteiger partial charge on any atom is 0.231 e. The Morgan fingerprint density at radius 1 is 1.04 bits per heavy atom. The molecule has 1 fully saturated rings. The molecule has 1 N–H and O–H groups in total. The fourth-order valence-electron chi connectivity index (χ4n) is 3.48. The van der Waals surface area contributed by atoms with E-state index in [0.717, 1.165) is 43.2 Å². The van der Waals surface area contributed by atoms with Crippen LogP contribution < -0.4 is 19.1 Å². The molecule has 0 aliphatic carbocycles. The molecule has 6 heteroatoms. The molecular weight excluding hydrogens is 332 g/mol. The highest BCUT2D eigenvalue weighted by atomic mass is 16.7. The van der Waals surface area contributed by atoms with Crippen molar-refractivity contribution in [2.75, 3.05) is 44.5 Å². The van der Waals surface area contributed by atoms with E-state index < -0.39 is 0 Å². The van der Waals surface area contributed by atoms with Crippen LogP contribution in [0.3, 0.4) is 0 Å². The van der Waals surface area contributed by atoms with Gasteiger partial charge in [-0.2, -0.15) is 0 Å². The van der Waals surface area contributed by atoms with Gasteiger partial charge in [0.15, 0.2) is 11.5 Å². The van der Waals surface area contributed by atoms with Crippen molar-refractivity contribution in [2.45, 2.75) is 13.5 Å². The highest BCUT2D eigenvalue weighted by Crippen LogP contribution is 2.38. The van der Waals surface area contributed by atoms with Crippen LogP contribution in [0, 0.1) is 0 Å². The smallest absolute Gasteiger partial charge is 0.231 e. The summed E-state index contributed by atoms with van der Waals surface area (Å²) in [4.78, 5) is 4.71. The Balaban J connectivity index is 1.40. The number of benzene rings is 2. The van der Waals surface area contributed by atoms with Gasteiger partial charge in [0.2, 0.25) is 6.79 Å². The van der Waals surface area contributed by atoms with Crippen molar-refractivity contribution in [1.82, 2.24) is 4.90 Å². The van der Waals surface area contributed by atoms with Gasteiger partial charge in [0, 0.05) is 44.4 Å². The Kier molecular flexibility index (Phi) is 4.75. The van der Waals surface area contributed by atoms with E-state index in [1.807, 2.05) is 25.1 Å². The summed E-state index contributed by atoms with van der Waals surface area (Å²) in [6, 6.07) is 11.7. The minimum absolute atomic E-state index is 0.218. The average Bonchev–Trinajstić information content (AvgIpc) is 3.11. The molecule has 0 spiro atoms. The zero-order valence-corrected chi connectivity index (χ0v) is 15.0. The maximum absolute atomic E-state index is 10.2. The van der Waals surface area contributed by atoms with Gasteiger partial charge in [0.25, 0.3) is 0 Å². The average molecular weight is 356 g/mol. The Labute approximate surface area is 153 Å². The molecule has 6 nitrogen and oxygen atoms in total. The second kappa shape index (κ2) is 7.33. The predicted molar refractivity (Wildman–Crippen MR) is 99.3 cm³/mol. The summed E-state index contributed by atoms with van der Waals surface area (Å²) in [5.74, 6) is 2.53. The van der Waals surface area contributed by atoms with Crippen molar-refractivity contribution in [3.8, 4) is 23.0 Å². The number of phenolic OH excluding ortho intramolecular Hbond substituents is 1. The van der Waals surface area contributed by atoms with E-state index in [1.54, 1.807) is 6.07 Å². The highest BCUT2D eigenvalue weighted by molar-refractivity contribution is 5.58. The summed E-state index contributed by atoms with van der Waals surface area (Å²) in [6.07, 6.45) is 0. The Morgan fingerprint density at radius 2 is 1.77 bits per heavy atom. The number of fused-ring (bicyclic) bond motifs is 1. The molecule has 1 saturated heterocycles. The molecule has 0 unspecified atom stereocenters. The molecule has 26 heavy (non-hydrogen) atoms. The third-order valence-corrected chi connectivity index (χ3v) is 4.85. The maximum atomic E-state index is 10.2. The number of nitrogens with zero attached hydrogens (tertiary/aromatic N) is 2. The van der Waals surface area contributed by atoms with Crippen LogP contribution in [-0.4, -0.2) is 49.6 Å². The number of phenols is 1. The van der Waals surface area contributed by atoms with E-state index in [1.165, 1.54) is 0 Å². The second-order valence-corrected chi connectivity index (χ2v) is 6.50. The van der Waals surface area contributed by atoms with Gasteiger partial charge in [-0.3, -0.25) is 4.90 Å². The van der Waals surface area contributed by atoms with Crippen molar-refractivity contribution >= 4 is 5.69 Å².